The van der Waals surface area contributed by atoms with Gasteiger partial charge < -0.3 is 14.8 Å². The van der Waals surface area contributed by atoms with E-state index in [1.54, 1.807) is 42.5 Å². The molecule has 3 aromatic rings. The predicted octanol–water partition coefficient (Wildman–Crippen LogP) is 5.88. The van der Waals surface area contributed by atoms with E-state index in [1.165, 1.54) is 6.21 Å². The summed E-state index contributed by atoms with van der Waals surface area (Å²) in [6.07, 6.45) is 1.50. The molecule has 2 N–H and O–H groups in total. The van der Waals surface area contributed by atoms with Gasteiger partial charge in [-0.3, -0.25) is 9.59 Å². The summed E-state index contributed by atoms with van der Waals surface area (Å²) in [5.41, 5.74) is 4.47. The molecule has 0 fully saturated rings. The molecule has 0 radical (unpaired) electrons. The molecule has 0 aromatic heterocycles. The van der Waals surface area contributed by atoms with E-state index < -0.39 is 11.9 Å². The first kappa shape index (κ1) is 28.0. The summed E-state index contributed by atoms with van der Waals surface area (Å²) in [6.45, 7) is 6.30. The highest BCUT2D eigenvalue weighted by molar-refractivity contribution is 6.31. The Labute approximate surface area is 226 Å². The van der Waals surface area contributed by atoms with Crippen molar-refractivity contribution in [3.05, 3.63) is 93.5 Å². The van der Waals surface area contributed by atoms with Crippen LogP contribution in [-0.2, 0) is 11.4 Å². The van der Waals surface area contributed by atoms with Crippen molar-refractivity contribution in [2.24, 2.45) is 11.0 Å². The maximum atomic E-state index is 12.8. The fraction of sp³-hybridized carbons (Fsp3) is 0.250. The van der Waals surface area contributed by atoms with E-state index >= 15 is 0 Å². The van der Waals surface area contributed by atoms with E-state index in [0.717, 1.165) is 5.56 Å². The largest absolute Gasteiger partial charge is 0.490 e. The van der Waals surface area contributed by atoms with Crippen molar-refractivity contribution in [3.8, 4) is 11.5 Å². The van der Waals surface area contributed by atoms with Crippen LogP contribution in [0.25, 0.3) is 0 Å². The topological polar surface area (TPSA) is 89.0 Å². The summed E-state index contributed by atoms with van der Waals surface area (Å²) in [4.78, 5) is 25.3. The lowest BCUT2D eigenvalue weighted by Crippen LogP contribution is -2.48. The molecule has 1 unspecified atom stereocenters. The number of carbonyl (C=O) groups is 2. The minimum atomic E-state index is -0.778. The van der Waals surface area contributed by atoms with Gasteiger partial charge in [-0.15, -0.1) is 0 Å². The standard InChI is InChI=1S/C28H29Cl2N3O4/c1-4-36-25-15-19(9-14-24(25)37-17-21-7-5-6-8-23(21)30)16-31-33-28(35)26(18(2)3)32-27(34)20-10-12-22(29)13-11-20/h5-16,18,26H,4,17H2,1-3H3,(H,32,34)(H,33,35)/b31-16-. The minimum absolute atomic E-state index is 0.162. The molecule has 0 saturated heterocycles. The second kappa shape index (κ2) is 13.7. The molecule has 2 amide bonds. The molecule has 3 aromatic carbocycles. The van der Waals surface area contributed by atoms with Gasteiger partial charge in [0, 0.05) is 21.2 Å². The van der Waals surface area contributed by atoms with E-state index in [9.17, 15) is 9.59 Å². The predicted molar refractivity (Wildman–Crippen MR) is 147 cm³/mol. The molecule has 0 bridgehead atoms. The van der Waals surface area contributed by atoms with E-state index in [0.29, 0.717) is 45.9 Å². The van der Waals surface area contributed by atoms with Crippen molar-refractivity contribution >= 4 is 41.2 Å². The van der Waals surface area contributed by atoms with Gasteiger partial charge in [0.05, 0.1) is 12.8 Å². The highest BCUT2D eigenvalue weighted by atomic mass is 35.5. The summed E-state index contributed by atoms with van der Waals surface area (Å²) >= 11 is 12.1. The highest BCUT2D eigenvalue weighted by Crippen LogP contribution is 2.29. The number of rotatable bonds is 11. The first-order valence-electron chi connectivity index (χ1n) is 11.8. The Bertz CT molecular complexity index is 1250. The molecule has 7 nitrogen and oxygen atoms in total. The molecular formula is C28H29Cl2N3O4. The van der Waals surface area contributed by atoms with Gasteiger partial charge in [-0.1, -0.05) is 55.2 Å². The molecule has 0 heterocycles. The molecule has 0 aliphatic heterocycles. The molecule has 0 spiro atoms. The summed E-state index contributed by atoms with van der Waals surface area (Å²) in [7, 11) is 0. The maximum Gasteiger partial charge on any atom is 0.262 e. The van der Waals surface area contributed by atoms with Gasteiger partial charge in [0.25, 0.3) is 11.8 Å². The quantitative estimate of drug-likeness (QED) is 0.234. The average Bonchev–Trinajstić information content (AvgIpc) is 2.88. The van der Waals surface area contributed by atoms with Gasteiger partial charge in [0.1, 0.15) is 12.6 Å². The third kappa shape index (κ3) is 8.23. The van der Waals surface area contributed by atoms with Gasteiger partial charge in [0.2, 0.25) is 0 Å². The Balaban J connectivity index is 1.64. The van der Waals surface area contributed by atoms with Gasteiger partial charge in [-0.2, -0.15) is 5.10 Å². The second-order valence-corrected chi connectivity index (χ2v) is 9.30. The molecule has 0 aliphatic rings. The first-order valence-corrected chi connectivity index (χ1v) is 12.6. The first-order chi connectivity index (χ1) is 17.8. The minimum Gasteiger partial charge on any atom is -0.490 e. The van der Waals surface area contributed by atoms with Crippen molar-refractivity contribution in [2.45, 2.75) is 33.4 Å². The van der Waals surface area contributed by atoms with Crippen LogP contribution in [0.15, 0.2) is 71.8 Å². The molecule has 1 atom stereocenters. The number of amides is 2. The number of nitrogens with one attached hydrogen (secondary N) is 2. The number of carbonyl (C=O) groups excluding carboxylic acids is 2. The molecule has 9 heteroatoms. The Morgan fingerprint density at radius 1 is 0.973 bits per heavy atom. The third-order valence-corrected chi connectivity index (χ3v) is 5.96. The third-order valence-electron chi connectivity index (χ3n) is 5.34. The molecule has 194 valence electrons. The zero-order chi connectivity index (χ0) is 26.8. The van der Waals surface area contributed by atoms with Crippen LogP contribution in [0.2, 0.25) is 10.0 Å². The lowest BCUT2D eigenvalue weighted by molar-refractivity contribution is -0.123. The van der Waals surface area contributed by atoms with Crippen molar-refractivity contribution in [2.75, 3.05) is 6.61 Å². The summed E-state index contributed by atoms with van der Waals surface area (Å²) < 4.78 is 11.6. The smallest absolute Gasteiger partial charge is 0.262 e. The molecule has 37 heavy (non-hydrogen) atoms. The summed E-state index contributed by atoms with van der Waals surface area (Å²) in [5, 5.41) is 7.97. The number of halogens is 2. The van der Waals surface area contributed by atoms with Crippen molar-refractivity contribution < 1.29 is 19.1 Å². The second-order valence-electron chi connectivity index (χ2n) is 8.46. The zero-order valence-corrected chi connectivity index (χ0v) is 22.3. The summed E-state index contributed by atoms with van der Waals surface area (Å²) in [6, 6.07) is 18.5. The fourth-order valence-electron chi connectivity index (χ4n) is 3.36. The lowest BCUT2D eigenvalue weighted by atomic mass is 10.0. The van der Waals surface area contributed by atoms with Gasteiger partial charge >= 0.3 is 0 Å². The fourth-order valence-corrected chi connectivity index (χ4v) is 3.68. The SMILES string of the molecule is CCOc1cc(/C=N\NC(=O)C(NC(=O)c2ccc(Cl)cc2)C(C)C)ccc1OCc1ccccc1Cl. The zero-order valence-electron chi connectivity index (χ0n) is 20.8. The highest BCUT2D eigenvalue weighted by Gasteiger charge is 2.24. The monoisotopic (exact) mass is 541 g/mol. The molecule has 0 aliphatic carbocycles. The maximum absolute atomic E-state index is 12.8. The Morgan fingerprint density at radius 2 is 1.70 bits per heavy atom. The van der Waals surface area contributed by atoms with E-state index in [4.69, 9.17) is 32.7 Å². The van der Waals surface area contributed by atoms with Crippen LogP contribution in [0, 0.1) is 5.92 Å². The number of hydrazone groups is 1. The van der Waals surface area contributed by atoms with Crippen molar-refractivity contribution in [1.29, 1.82) is 0 Å². The van der Waals surface area contributed by atoms with E-state index in [2.05, 4.69) is 15.8 Å². The normalized spacial score (nSPS) is 11.8. The van der Waals surface area contributed by atoms with E-state index in [1.807, 2.05) is 45.0 Å². The van der Waals surface area contributed by atoms with Crippen LogP contribution < -0.4 is 20.2 Å². The number of hydrogen-bond acceptors (Lipinski definition) is 5. The number of nitrogens with zero attached hydrogens (tertiary/aromatic N) is 1. The van der Waals surface area contributed by atoms with Crippen LogP contribution in [0.4, 0.5) is 0 Å². The van der Waals surface area contributed by atoms with Crippen LogP contribution in [-0.4, -0.2) is 30.7 Å². The van der Waals surface area contributed by atoms with Gasteiger partial charge in [-0.05, 0) is 66.9 Å². The van der Waals surface area contributed by atoms with E-state index in [-0.39, 0.29) is 11.8 Å². The lowest BCUT2D eigenvalue weighted by Gasteiger charge is -2.20. The molecule has 3 rings (SSSR count). The van der Waals surface area contributed by atoms with Crippen molar-refractivity contribution in [3.63, 3.8) is 0 Å². The number of benzene rings is 3. The van der Waals surface area contributed by atoms with Crippen LogP contribution in [0.5, 0.6) is 11.5 Å². The van der Waals surface area contributed by atoms with Crippen molar-refractivity contribution in [1.82, 2.24) is 10.7 Å². The van der Waals surface area contributed by atoms with Gasteiger partial charge in [-0.25, -0.2) is 5.43 Å². The van der Waals surface area contributed by atoms with Gasteiger partial charge in [0.15, 0.2) is 11.5 Å². The molecular weight excluding hydrogens is 513 g/mol. The molecule has 0 saturated carbocycles. The Kier molecular flexibility index (Phi) is 10.4. The Morgan fingerprint density at radius 3 is 2.38 bits per heavy atom. The Hall–Kier alpha value is -3.55. The van der Waals surface area contributed by atoms with Crippen LogP contribution >= 0.6 is 23.2 Å². The number of ether oxygens (including phenoxy) is 2. The average molecular weight is 542 g/mol. The number of hydrogen-bond donors (Lipinski definition) is 2. The van der Waals surface area contributed by atoms with Crippen LogP contribution in [0.1, 0.15) is 42.3 Å². The summed E-state index contributed by atoms with van der Waals surface area (Å²) in [5.74, 6) is 0.139. The van der Waals surface area contributed by atoms with Crippen LogP contribution in [0.3, 0.4) is 0 Å².